The third-order valence-electron chi connectivity index (χ3n) is 0.527. The maximum absolute atomic E-state index is 5.46. The van der Waals surface area contributed by atoms with E-state index in [2.05, 4.69) is 0 Å². The lowest BCUT2D eigenvalue weighted by Crippen LogP contribution is -1.88. The van der Waals surface area contributed by atoms with E-state index < -0.39 is 0 Å². The average molecular weight is 126 g/mol. The fourth-order valence-electron chi connectivity index (χ4n) is 0.0891. The quantitative estimate of drug-likeness (QED) is 0.498. The Kier molecular flexibility index (Phi) is 4.12. The van der Waals surface area contributed by atoms with Crippen LogP contribution in [-0.4, -0.2) is 5.38 Å². The summed E-state index contributed by atoms with van der Waals surface area (Å²) in [5, 5.41) is 0.0478. The third kappa shape index (κ3) is 2.80. The summed E-state index contributed by atoms with van der Waals surface area (Å²) in [5.74, 6) is 1.46. The summed E-state index contributed by atoms with van der Waals surface area (Å²) in [6.45, 7) is 1.98. The minimum Gasteiger partial charge on any atom is -0.121 e. The molecule has 0 saturated heterocycles. The van der Waals surface area contributed by atoms with Crippen LogP contribution in [-0.2, 0) is 0 Å². The summed E-state index contributed by atoms with van der Waals surface area (Å²) in [4.78, 5) is 0. The molecule has 0 nitrogen and oxygen atoms in total. The van der Waals surface area contributed by atoms with Crippen LogP contribution >= 0.6 is 23.2 Å². The van der Waals surface area contributed by atoms with Crippen LogP contribution in [0.15, 0.2) is 0 Å². The lowest BCUT2D eigenvalue weighted by molar-refractivity contribution is 0.950. The summed E-state index contributed by atoms with van der Waals surface area (Å²) in [5.41, 5.74) is 0. The van der Waals surface area contributed by atoms with E-state index in [1.807, 2.05) is 6.92 Å². The van der Waals surface area contributed by atoms with Crippen LogP contribution in [0.5, 0.6) is 0 Å². The molecular weight excluding hydrogens is 119 g/mol. The molecule has 37 valence electrons. The molecule has 0 aromatic carbocycles. The Bertz CT molecular complexity index is 24.7. The number of rotatable bonds is 2. The van der Waals surface area contributed by atoms with E-state index in [0.29, 0.717) is 0 Å². The van der Waals surface area contributed by atoms with Crippen molar-refractivity contribution < 1.29 is 0 Å². The summed E-state index contributed by atoms with van der Waals surface area (Å²) in [6.07, 6.45) is 0.908. The monoisotopic (exact) mass is 125 g/mol. The second-order valence-electron chi connectivity index (χ2n) is 1.05. The summed E-state index contributed by atoms with van der Waals surface area (Å²) < 4.78 is 0. The zero-order valence-corrected chi connectivity index (χ0v) is 5.13. The Morgan fingerprint density at radius 3 is 2.33 bits per heavy atom. The first-order chi connectivity index (χ1) is 2.81. The predicted octanol–water partition coefficient (Wildman–Crippen LogP) is 2.40. The maximum atomic E-state index is 5.46. The number of hydrogen-bond acceptors (Lipinski definition) is 0. The molecule has 1 radical (unpaired) electrons. The van der Waals surface area contributed by atoms with Gasteiger partial charge in [-0.3, -0.25) is 0 Å². The van der Waals surface area contributed by atoms with Gasteiger partial charge >= 0.3 is 0 Å². The van der Waals surface area contributed by atoms with Crippen LogP contribution in [0.4, 0.5) is 0 Å². The zero-order valence-electron chi connectivity index (χ0n) is 3.62. The fourth-order valence-corrected chi connectivity index (χ4v) is 0.267. The Morgan fingerprint density at radius 1 is 1.83 bits per heavy atom. The van der Waals surface area contributed by atoms with Crippen molar-refractivity contribution in [3.05, 3.63) is 5.88 Å². The number of halogens is 2. The lowest BCUT2D eigenvalue weighted by Gasteiger charge is -1.93. The highest BCUT2D eigenvalue weighted by Gasteiger charge is 1.94. The van der Waals surface area contributed by atoms with Gasteiger partial charge in [-0.25, -0.2) is 0 Å². The minimum absolute atomic E-state index is 0.0478. The van der Waals surface area contributed by atoms with Crippen LogP contribution in [0, 0.1) is 5.88 Å². The molecule has 1 unspecified atom stereocenters. The molecule has 0 aliphatic carbocycles. The van der Waals surface area contributed by atoms with Crippen molar-refractivity contribution >= 4 is 23.2 Å². The van der Waals surface area contributed by atoms with Crippen LogP contribution < -0.4 is 0 Å². The van der Waals surface area contributed by atoms with Crippen molar-refractivity contribution in [2.45, 2.75) is 18.7 Å². The van der Waals surface area contributed by atoms with E-state index in [4.69, 9.17) is 23.2 Å². The molecular formula is C4H7Cl2. The molecule has 0 aromatic rings. The molecule has 0 heterocycles. The van der Waals surface area contributed by atoms with Gasteiger partial charge in [0.05, 0.1) is 11.3 Å². The molecule has 1 atom stereocenters. The van der Waals surface area contributed by atoms with Crippen molar-refractivity contribution in [1.29, 1.82) is 0 Å². The van der Waals surface area contributed by atoms with Gasteiger partial charge in [-0.15, -0.1) is 23.2 Å². The van der Waals surface area contributed by atoms with E-state index in [1.165, 1.54) is 5.88 Å². The van der Waals surface area contributed by atoms with Crippen LogP contribution in [0.1, 0.15) is 13.3 Å². The maximum Gasteiger partial charge on any atom is 0.0677 e. The molecule has 0 N–H and O–H groups in total. The van der Waals surface area contributed by atoms with Gasteiger partial charge in [0.15, 0.2) is 0 Å². The second-order valence-corrected chi connectivity index (χ2v) is 1.86. The molecule has 0 aromatic heterocycles. The summed E-state index contributed by atoms with van der Waals surface area (Å²) in [6, 6.07) is 0. The van der Waals surface area contributed by atoms with Gasteiger partial charge in [0.2, 0.25) is 0 Å². The first-order valence-electron chi connectivity index (χ1n) is 1.89. The normalized spacial score (nSPS) is 14.5. The Morgan fingerprint density at radius 2 is 2.33 bits per heavy atom. The SMILES string of the molecule is CCC(Cl)[CH]Cl. The molecule has 6 heavy (non-hydrogen) atoms. The van der Waals surface area contributed by atoms with E-state index in [9.17, 15) is 0 Å². The van der Waals surface area contributed by atoms with E-state index in [1.54, 1.807) is 0 Å². The highest BCUT2D eigenvalue weighted by atomic mass is 35.5. The standard InChI is InChI=1S/C4H7Cl2/c1-2-4(6)3-5/h3-4H,2H2,1H3. The van der Waals surface area contributed by atoms with Gasteiger partial charge in [0.1, 0.15) is 0 Å². The molecule has 0 rings (SSSR count). The van der Waals surface area contributed by atoms with E-state index in [-0.39, 0.29) is 5.38 Å². The summed E-state index contributed by atoms with van der Waals surface area (Å²) in [7, 11) is 0. The van der Waals surface area contributed by atoms with Crippen molar-refractivity contribution in [2.75, 3.05) is 0 Å². The van der Waals surface area contributed by atoms with Gasteiger partial charge in [-0.1, -0.05) is 6.92 Å². The van der Waals surface area contributed by atoms with Crippen molar-refractivity contribution in [1.82, 2.24) is 0 Å². The lowest BCUT2D eigenvalue weighted by atomic mass is 10.4. The molecule has 0 spiro atoms. The second kappa shape index (κ2) is 3.76. The first-order valence-corrected chi connectivity index (χ1v) is 2.76. The number of alkyl halides is 1. The molecule has 0 fully saturated rings. The Balaban J connectivity index is 2.75. The fraction of sp³-hybridized carbons (Fsp3) is 0.750. The Hall–Kier alpha value is 0.580. The third-order valence-corrected chi connectivity index (χ3v) is 1.39. The smallest absolute Gasteiger partial charge is 0.0677 e. The van der Waals surface area contributed by atoms with Crippen molar-refractivity contribution in [3.63, 3.8) is 0 Å². The molecule has 0 aliphatic heterocycles. The summed E-state index contributed by atoms with van der Waals surface area (Å²) >= 11 is 10.7. The Labute approximate surface area is 48.4 Å². The van der Waals surface area contributed by atoms with E-state index >= 15 is 0 Å². The molecule has 0 bridgehead atoms. The minimum atomic E-state index is 0.0478. The highest BCUT2D eigenvalue weighted by molar-refractivity contribution is 6.31. The highest BCUT2D eigenvalue weighted by Crippen LogP contribution is 2.06. The van der Waals surface area contributed by atoms with Crippen LogP contribution in [0.2, 0.25) is 0 Å². The average Bonchev–Trinajstić information content (AvgIpc) is 1.65. The molecule has 0 amide bonds. The largest absolute Gasteiger partial charge is 0.121 e. The van der Waals surface area contributed by atoms with Crippen LogP contribution in [0.3, 0.4) is 0 Å². The van der Waals surface area contributed by atoms with Crippen molar-refractivity contribution in [3.8, 4) is 0 Å². The van der Waals surface area contributed by atoms with Crippen LogP contribution in [0.25, 0.3) is 0 Å². The first kappa shape index (κ1) is 6.58. The predicted molar refractivity (Wildman–Crippen MR) is 30.1 cm³/mol. The van der Waals surface area contributed by atoms with Gasteiger partial charge in [0, 0.05) is 0 Å². The van der Waals surface area contributed by atoms with Gasteiger partial charge in [-0.05, 0) is 6.42 Å². The molecule has 2 heteroatoms. The molecule has 0 aliphatic rings. The topological polar surface area (TPSA) is 0 Å². The van der Waals surface area contributed by atoms with E-state index in [0.717, 1.165) is 6.42 Å². The van der Waals surface area contributed by atoms with Gasteiger partial charge < -0.3 is 0 Å². The van der Waals surface area contributed by atoms with Crippen molar-refractivity contribution in [2.24, 2.45) is 0 Å². The number of hydrogen-bond donors (Lipinski definition) is 0. The van der Waals surface area contributed by atoms with Gasteiger partial charge in [0.25, 0.3) is 0 Å². The molecule has 0 saturated carbocycles. The zero-order chi connectivity index (χ0) is 4.99. The van der Waals surface area contributed by atoms with Gasteiger partial charge in [-0.2, -0.15) is 0 Å².